The van der Waals surface area contributed by atoms with Crippen molar-refractivity contribution in [2.75, 3.05) is 19.6 Å². The van der Waals surface area contributed by atoms with E-state index in [1.165, 1.54) is 18.1 Å². The molecule has 0 aromatic heterocycles. The summed E-state index contributed by atoms with van der Waals surface area (Å²) in [6.07, 6.45) is 3.81. The highest BCUT2D eigenvalue weighted by Gasteiger charge is 2.33. The number of hydrogen-bond acceptors (Lipinski definition) is 3. The summed E-state index contributed by atoms with van der Waals surface area (Å²) < 4.78 is 65.1. The van der Waals surface area contributed by atoms with Crippen molar-refractivity contribution in [3.63, 3.8) is 0 Å². The molecule has 0 atom stereocenters. The number of carbonyl (C=O) groups excluding carboxylic acids is 1. The fraction of sp³-hybridized carbons (Fsp3) is 0.450. The number of halogens is 3. The van der Waals surface area contributed by atoms with Gasteiger partial charge in [0.25, 0.3) is 0 Å². The van der Waals surface area contributed by atoms with E-state index in [1.807, 2.05) is 0 Å². The topological polar surface area (TPSA) is 66.5 Å². The number of amides is 1. The third-order valence-electron chi connectivity index (χ3n) is 4.61. The smallest absolute Gasteiger partial charge is 0.355 e. The van der Waals surface area contributed by atoms with Crippen LogP contribution < -0.4 is 5.32 Å². The summed E-state index contributed by atoms with van der Waals surface area (Å²) in [5.41, 5.74) is 0.207. The molecule has 0 unspecified atom stereocenters. The van der Waals surface area contributed by atoms with E-state index >= 15 is 0 Å². The zero-order valence-electron chi connectivity index (χ0n) is 16.0. The predicted octanol–water partition coefficient (Wildman–Crippen LogP) is 3.89. The maximum absolute atomic E-state index is 12.9. The molecule has 0 saturated heterocycles. The van der Waals surface area contributed by atoms with E-state index in [9.17, 15) is 26.4 Å². The summed E-state index contributed by atoms with van der Waals surface area (Å²) in [5, 5.41) is 2.68. The molecule has 0 saturated carbocycles. The SMILES string of the molecule is C=CCN(CC(=O)NCCC1=CCCCC1)S(=O)(=O)c1cccc(C(F)(F)F)c1. The highest BCUT2D eigenvalue weighted by Crippen LogP contribution is 2.31. The first kappa shape index (κ1) is 23.2. The van der Waals surface area contributed by atoms with Crippen molar-refractivity contribution in [1.82, 2.24) is 9.62 Å². The zero-order chi connectivity index (χ0) is 21.5. The van der Waals surface area contributed by atoms with Crippen LogP contribution in [0.2, 0.25) is 0 Å². The number of hydrogen-bond donors (Lipinski definition) is 1. The number of rotatable bonds is 9. The summed E-state index contributed by atoms with van der Waals surface area (Å²) in [7, 11) is -4.30. The lowest BCUT2D eigenvalue weighted by atomic mass is 9.97. The standard InChI is InChI=1S/C20H25F3N2O3S/c1-2-13-25(15-19(26)24-12-11-16-7-4-3-5-8-16)29(27,28)18-10-6-9-17(14-18)20(21,22)23/h2,6-7,9-10,14H,1,3-5,8,11-13,15H2,(H,24,26). The van der Waals surface area contributed by atoms with Gasteiger partial charge >= 0.3 is 6.18 Å². The highest BCUT2D eigenvalue weighted by molar-refractivity contribution is 7.89. The van der Waals surface area contributed by atoms with Crippen LogP contribution in [0.4, 0.5) is 13.2 Å². The minimum absolute atomic E-state index is 0.197. The third kappa shape index (κ3) is 6.71. The quantitative estimate of drug-likeness (QED) is 0.605. The second-order valence-electron chi connectivity index (χ2n) is 6.82. The van der Waals surface area contributed by atoms with E-state index in [2.05, 4.69) is 18.0 Å². The molecule has 1 N–H and O–H groups in total. The number of sulfonamides is 1. The summed E-state index contributed by atoms with van der Waals surface area (Å²) >= 11 is 0. The third-order valence-corrected chi connectivity index (χ3v) is 6.41. The number of carbonyl (C=O) groups is 1. The van der Waals surface area contributed by atoms with E-state index in [4.69, 9.17) is 0 Å². The van der Waals surface area contributed by atoms with Gasteiger partial charge in [-0.2, -0.15) is 17.5 Å². The normalized spacial score (nSPS) is 15.1. The van der Waals surface area contributed by atoms with Crippen LogP contribution in [0.25, 0.3) is 0 Å². The number of nitrogens with zero attached hydrogens (tertiary/aromatic N) is 1. The van der Waals surface area contributed by atoms with Gasteiger partial charge in [0.1, 0.15) is 0 Å². The number of benzene rings is 1. The molecule has 5 nitrogen and oxygen atoms in total. The molecule has 0 spiro atoms. The molecule has 1 aromatic rings. The van der Waals surface area contributed by atoms with E-state index < -0.39 is 39.1 Å². The molecule has 1 aliphatic carbocycles. The van der Waals surface area contributed by atoms with Crippen molar-refractivity contribution >= 4 is 15.9 Å². The lowest BCUT2D eigenvalue weighted by Crippen LogP contribution is -2.41. The van der Waals surface area contributed by atoms with Gasteiger partial charge in [-0.15, -0.1) is 6.58 Å². The van der Waals surface area contributed by atoms with Crippen LogP contribution >= 0.6 is 0 Å². The summed E-state index contributed by atoms with van der Waals surface area (Å²) in [6, 6.07) is 3.47. The Labute approximate surface area is 169 Å². The van der Waals surface area contributed by atoms with E-state index in [0.29, 0.717) is 19.0 Å². The number of allylic oxidation sites excluding steroid dienone is 1. The fourth-order valence-electron chi connectivity index (χ4n) is 3.08. The van der Waals surface area contributed by atoms with Crippen molar-refractivity contribution < 1.29 is 26.4 Å². The van der Waals surface area contributed by atoms with Crippen molar-refractivity contribution in [3.8, 4) is 0 Å². The Morgan fingerprint density at radius 2 is 2.03 bits per heavy atom. The van der Waals surface area contributed by atoms with Crippen LogP contribution in [0.3, 0.4) is 0 Å². The van der Waals surface area contributed by atoms with Crippen molar-refractivity contribution in [3.05, 3.63) is 54.1 Å². The van der Waals surface area contributed by atoms with Crippen molar-refractivity contribution in [2.45, 2.75) is 43.2 Å². The van der Waals surface area contributed by atoms with Gasteiger partial charge < -0.3 is 5.32 Å². The molecule has 0 bridgehead atoms. The lowest BCUT2D eigenvalue weighted by Gasteiger charge is -2.21. The van der Waals surface area contributed by atoms with Crippen molar-refractivity contribution in [1.29, 1.82) is 0 Å². The van der Waals surface area contributed by atoms with Gasteiger partial charge in [0, 0.05) is 13.1 Å². The molecular formula is C20H25F3N2O3S. The number of nitrogens with one attached hydrogen (secondary N) is 1. The molecule has 1 amide bonds. The van der Waals surface area contributed by atoms with E-state index in [0.717, 1.165) is 41.8 Å². The first-order chi connectivity index (χ1) is 13.6. The molecule has 0 aliphatic heterocycles. The number of alkyl halides is 3. The van der Waals surface area contributed by atoms with E-state index in [1.54, 1.807) is 0 Å². The van der Waals surface area contributed by atoms with Gasteiger partial charge in [-0.25, -0.2) is 8.42 Å². The minimum Gasteiger partial charge on any atom is -0.355 e. The van der Waals surface area contributed by atoms with Crippen LogP contribution in [0.5, 0.6) is 0 Å². The van der Waals surface area contributed by atoms with E-state index in [-0.39, 0.29) is 6.54 Å². The van der Waals surface area contributed by atoms with Crippen LogP contribution in [0.1, 0.15) is 37.7 Å². The lowest BCUT2D eigenvalue weighted by molar-refractivity contribution is -0.137. The average molecular weight is 430 g/mol. The monoisotopic (exact) mass is 430 g/mol. The Balaban J connectivity index is 2.06. The Hall–Kier alpha value is -2.13. The molecule has 1 aromatic carbocycles. The van der Waals surface area contributed by atoms with Crippen LogP contribution in [0, 0.1) is 0 Å². The highest BCUT2D eigenvalue weighted by atomic mass is 32.2. The molecule has 29 heavy (non-hydrogen) atoms. The van der Waals surface area contributed by atoms with Gasteiger partial charge in [-0.05, 0) is 50.3 Å². The van der Waals surface area contributed by atoms with Gasteiger partial charge in [0.15, 0.2) is 0 Å². The molecule has 2 rings (SSSR count). The molecular weight excluding hydrogens is 405 g/mol. The molecule has 0 fully saturated rings. The first-order valence-electron chi connectivity index (χ1n) is 9.37. The summed E-state index contributed by atoms with van der Waals surface area (Å²) in [5.74, 6) is -0.515. The predicted molar refractivity (Wildman–Crippen MR) is 105 cm³/mol. The largest absolute Gasteiger partial charge is 0.416 e. The molecule has 9 heteroatoms. The Kier molecular flexibility index (Phi) is 8.04. The van der Waals surface area contributed by atoms with Gasteiger partial charge in [0.2, 0.25) is 15.9 Å². The fourth-order valence-corrected chi connectivity index (χ4v) is 4.50. The van der Waals surface area contributed by atoms with Gasteiger partial charge in [0.05, 0.1) is 17.0 Å². The maximum Gasteiger partial charge on any atom is 0.416 e. The zero-order valence-corrected chi connectivity index (χ0v) is 16.9. The Morgan fingerprint density at radius 1 is 1.28 bits per heavy atom. The van der Waals surface area contributed by atoms with Crippen LogP contribution in [-0.2, 0) is 21.0 Å². The van der Waals surface area contributed by atoms with Gasteiger partial charge in [-0.1, -0.05) is 23.8 Å². The second-order valence-corrected chi connectivity index (χ2v) is 8.76. The minimum atomic E-state index is -4.67. The molecule has 0 heterocycles. The van der Waals surface area contributed by atoms with Crippen LogP contribution in [-0.4, -0.2) is 38.3 Å². The second kappa shape index (κ2) is 10.1. The van der Waals surface area contributed by atoms with Crippen molar-refractivity contribution in [2.24, 2.45) is 0 Å². The first-order valence-corrected chi connectivity index (χ1v) is 10.8. The molecule has 1 aliphatic rings. The van der Waals surface area contributed by atoms with Crippen LogP contribution in [0.15, 0.2) is 53.5 Å². The maximum atomic E-state index is 12.9. The molecule has 160 valence electrons. The summed E-state index contributed by atoms with van der Waals surface area (Å²) in [6.45, 7) is 3.16. The Morgan fingerprint density at radius 3 is 2.66 bits per heavy atom. The average Bonchev–Trinajstić information content (AvgIpc) is 2.68. The molecule has 0 radical (unpaired) electrons. The van der Waals surface area contributed by atoms with Gasteiger partial charge in [-0.3, -0.25) is 4.79 Å². The summed E-state index contributed by atoms with van der Waals surface area (Å²) in [4.78, 5) is 11.7. The Bertz CT molecular complexity index is 864.